The monoisotopic (exact) mass is 360 g/mol. The molecule has 0 unspecified atom stereocenters. The highest BCUT2D eigenvalue weighted by molar-refractivity contribution is 6.32. The molecular formula is C17H17ClN4O3. The van der Waals surface area contributed by atoms with E-state index in [0.717, 1.165) is 5.56 Å². The Morgan fingerprint density at radius 3 is 2.32 bits per heavy atom. The molecule has 0 aromatic heterocycles. The summed E-state index contributed by atoms with van der Waals surface area (Å²) < 4.78 is 5.37. The molecule has 2 aromatic carbocycles. The predicted molar refractivity (Wildman–Crippen MR) is 97.5 cm³/mol. The molecule has 2 aromatic rings. The molecule has 0 aliphatic heterocycles. The van der Waals surface area contributed by atoms with Crippen molar-refractivity contribution in [3.8, 4) is 5.75 Å². The Hall–Kier alpha value is -3.06. The van der Waals surface area contributed by atoms with Crippen LogP contribution >= 0.6 is 11.6 Å². The van der Waals surface area contributed by atoms with Crippen LogP contribution in [0.25, 0.3) is 0 Å². The molecule has 25 heavy (non-hydrogen) atoms. The van der Waals surface area contributed by atoms with Crippen molar-refractivity contribution in [1.82, 2.24) is 0 Å². The maximum absolute atomic E-state index is 12.3. The van der Waals surface area contributed by atoms with E-state index >= 15 is 0 Å². The summed E-state index contributed by atoms with van der Waals surface area (Å²) in [4.78, 5) is 20.9. The minimum Gasteiger partial charge on any atom is -0.421 e. The normalized spacial score (nSPS) is 10.9. The zero-order valence-corrected chi connectivity index (χ0v) is 14.4. The number of ether oxygens (including phenoxy) is 1. The van der Waals surface area contributed by atoms with Crippen molar-refractivity contribution < 1.29 is 14.4 Å². The number of carbonyl (C=O) groups excluding carboxylic acids is 1. The smallest absolute Gasteiger partial charge is 0.343 e. The fourth-order valence-electron chi connectivity index (χ4n) is 1.98. The van der Waals surface area contributed by atoms with Crippen LogP contribution in [0.1, 0.15) is 22.8 Å². The van der Waals surface area contributed by atoms with Crippen LogP contribution in [0.15, 0.2) is 52.6 Å². The van der Waals surface area contributed by atoms with Crippen molar-refractivity contribution in [2.75, 3.05) is 7.11 Å². The van der Waals surface area contributed by atoms with E-state index in [1.54, 1.807) is 49.4 Å². The Labute approximate surface area is 149 Å². The second-order valence-electron chi connectivity index (χ2n) is 4.98. The van der Waals surface area contributed by atoms with E-state index in [9.17, 15) is 4.79 Å². The number of carbonyl (C=O) groups is 1. The van der Waals surface area contributed by atoms with Gasteiger partial charge in [-0.05, 0) is 43.3 Å². The van der Waals surface area contributed by atoms with E-state index < -0.39 is 5.97 Å². The van der Waals surface area contributed by atoms with Crippen molar-refractivity contribution in [2.24, 2.45) is 21.6 Å². The summed E-state index contributed by atoms with van der Waals surface area (Å²) in [6.45, 7) is 1.76. The molecule has 0 radical (unpaired) electrons. The molecule has 0 aliphatic rings. The van der Waals surface area contributed by atoms with Crippen LogP contribution in [0.2, 0.25) is 5.02 Å². The van der Waals surface area contributed by atoms with Gasteiger partial charge in [0.25, 0.3) is 0 Å². The van der Waals surface area contributed by atoms with E-state index in [-0.39, 0.29) is 11.7 Å². The summed E-state index contributed by atoms with van der Waals surface area (Å²) >= 11 is 6.10. The van der Waals surface area contributed by atoms with Crippen molar-refractivity contribution in [2.45, 2.75) is 6.92 Å². The molecule has 0 aliphatic carbocycles. The topological polar surface area (TPSA) is 112 Å². The van der Waals surface area contributed by atoms with E-state index in [2.05, 4.69) is 10.1 Å². The second kappa shape index (κ2) is 8.16. The molecular weight excluding hydrogens is 344 g/mol. The van der Waals surface area contributed by atoms with Gasteiger partial charge in [-0.3, -0.25) is 0 Å². The molecule has 0 bridgehead atoms. The number of benzene rings is 2. The Morgan fingerprint density at radius 2 is 1.72 bits per heavy atom. The first-order valence-corrected chi connectivity index (χ1v) is 7.58. The standard InChI is InChI=1S/C17H17ClN4O3/c1-10(22-24-2)12-5-8-14(18)15(9-12)25-16(23)11-3-6-13(7-4-11)21-17(19)20/h3-9H,1-2H3,(H4,19,20,21)/b22-10+. The van der Waals surface area contributed by atoms with Crippen LogP contribution in [-0.2, 0) is 4.84 Å². The van der Waals surface area contributed by atoms with Crippen molar-refractivity contribution >= 4 is 34.9 Å². The Morgan fingerprint density at radius 1 is 1.08 bits per heavy atom. The number of nitrogens with two attached hydrogens (primary N) is 2. The lowest BCUT2D eigenvalue weighted by Gasteiger charge is -2.09. The van der Waals surface area contributed by atoms with Gasteiger partial charge in [-0.15, -0.1) is 0 Å². The Kier molecular flexibility index (Phi) is 5.97. The van der Waals surface area contributed by atoms with Crippen LogP contribution in [-0.4, -0.2) is 24.8 Å². The van der Waals surface area contributed by atoms with Gasteiger partial charge in [-0.2, -0.15) is 0 Å². The van der Waals surface area contributed by atoms with Gasteiger partial charge in [-0.1, -0.05) is 22.8 Å². The first kappa shape index (κ1) is 18.3. The molecule has 2 rings (SSSR count). The number of hydrogen-bond donors (Lipinski definition) is 2. The van der Waals surface area contributed by atoms with Gasteiger partial charge in [0.05, 0.1) is 22.0 Å². The highest BCUT2D eigenvalue weighted by Crippen LogP contribution is 2.27. The highest BCUT2D eigenvalue weighted by atomic mass is 35.5. The van der Waals surface area contributed by atoms with E-state index in [0.29, 0.717) is 22.0 Å². The predicted octanol–water partition coefficient (Wildman–Crippen LogP) is 2.83. The summed E-state index contributed by atoms with van der Waals surface area (Å²) in [6.07, 6.45) is 0. The summed E-state index contributed by atoms with van der Waals surface area (Å²) in [5.41, 5.74) is 12.8. The van der Waals surface area contributed by atoms with E-state index in [1.807, 2.05) is 0 Å². The zero-order chi connectivity index (χ0) is 18.4. The fourth-order valence-corrected chi connectivity index (χ4v) is 2.13. The maximum atomic E-state index is 12.3. The van der Waals surface area contributed by atoms with Crippen LogP contribution in [0, 0.1) is 0 Å². The first-order valence-electron chi connectivity index (χ1n) is 7.20. The molecule has 4 N–H and O–H groups in total. The lowest BCUT2D eigenvalue weighted by molar-refractivity contribution is 0.0735. The number of halogens is 1. The van der Waals surface area contributed by atoms with Crippen molar-refractivity contribution in [3.63, 3.8) is 0 Å². The van der Waals surface area contributed by atoms with Crippen LogP contribution in [0.4, 0.5) is 5.69 Å². The molecule has 0 saturated heterocycles. The summed E-state index contributed by atoms with van der Waals surface area (Å²) in [7, 11) is 1.45. The molecule has 8 heteroatoms. The van der Waals surface area contributed by atoms with E-state index in [1.165, 1.54) is 7.11 Å². The largest absolute Gasteiger partial charge is 0.421 e. The molecule has 130 valence electrons. The number of nitrogens with zero attached hydrogens (tertiary/aromatic N) is 2. The lowest BCUT2D eigenvalue weighted by atomic mass is 10.1. The van der Waals surface area contributed by atoms with Gasteiger partial charge in [-0.25, -0.2) is 9.79 Å². The summed E-state index contributed by atoms with van der Waals surface area (Å²) in [5.74, 6) is -0.397. The maximum Gasteiger partial charge on any atom is 0.343 e. The summed E-state index contributed by atoms with van der Waals surface area (Å²) in [5, 5.41) is 4.14. The minimum atomic E-state index is -0.559. The van der Waals surface area contributed by atoms with Gasteiger partial charge in [0.2, 0.25) is 0 Å². The molecule has 0 spiro atoms. The van der Waals surface area contributed by atoms with Gasteiger partial charge in [0.15, 0.2) is 5.96 Å². The molecule has 7 nitrogen and oxygen atoms in total. The molecule has 0 fully saturated rings. The number of rotatable bonds is 5. The van der Waals surface area contributed by atoms with Crippen molar-refractivity contribution in [3.05, 3.63) is 58.6 Å². The third kappa shape index (κ3) is 4.95. The third-order valence-corrected chi connectivity index (χ3v) is 3.45. The van der Waals surface area contributed by atoms with Gasteiger partial charge in [0.1, 0.15) is 12.9 Å². The number of guanidine groups is 1. The van der Waals surface area contributed by atoms with Crippen molar-refractivity contribution in [1.29, 1.82) is 0 Å². The van der Waals surface area contributed by atoms with Crippen LogP contribution < -0.4 is 16.2 Å². The Bertz CT molecular complexity index is 828. The average molecular weight is 361 g/mol. The molecule has 0 atom stereocenters. The molecule has 0 amide bonds. The third-order valence-electron chi connectivity index (χ3n) is 3.14. The zero-order valence-electron chi connectivity index (χ0n) is 13.7. The van der Waals surface area contributed by atoms with Crippen LogP contribution in [0.5, 0.6) is 5.75 Å². The highest BCUT2D eigenvalue weighted by Gasteiger charge is 2.13. The summed E-state index contributed by atoms with van der Waals surface area (Å²) in [6, 6.07) is 11.3. The number of esters is 1. The quantitative estimate of drug-likeness (QED) is 0.280. The number of hydrogen-bond acceptors (Lipinski definition) is 5. The lowest BCUT2D eigenvalue weighted by Crippen LogP contribution is -2.21. The van der Waals surface area contributed by atoms with Crippen LogP contribution in [0.3, 0.4) is 0 Å². The average Bonchev–Trinajstić information content (AvgIpc) is 2.57. The number of aliphatic imine (C=N–C) groups is 1. The van der Waals surface area contributed by atoms with Gasteiger partial charge >= 0.3 is 5.97 Å². The fraction of sp³-hybridized carbons (Fsp3) is 0.118. The first-order chi connectivity index (χ1) is 11.9. The second-order valence-corrected chi connectivity index (χ2v) is 5.38. The minimum absolute atomic E-state index is 0.0629. The number of oxime groups is 1. The van der Waals surface area contributed by atoms with Gasteiger partial charge in [0, 0.05) is 5.56 Å². The Balaban J connectivity index is 2.21. The van der Waals surface area contributed by atoms with Gasteiger partial charge < -0.3 is 21.0 Å². The van der Waals surface area contributed by atoms with E-state index in [4.69, 9.17) is 32.6 Å². The SMILES string of the molecule is CO/N=C(\C)c1ccc(Cl)c(OC(=O)c2ccc(N=C(N)N)cc2)c1. The molecule has 0 heterocycles. The molecule has 0 saturated carbocycles.